The van der Waals surface area contributed by atoms with E-state index < -0.39 is 5.60 Å². The van der Waals surface area contributed by atoms with Gasteiger partial charge in [0.1, 0.15) is 10.8 Å². The SMILES string of the molecule is Cc1nc(C)c(C(O)(c2ccc3nc(Cl)c(-c4ccccc4)c(Cl)c3c2)c2cnnn2C)s1. The summed E-state index contributed by atoms with van der Waals surface area (Å²) in [5.74, 6) is 0. The Kier molecular flexibility index (Phi) is 5.45. The molecule has 0 bridgehead atoms. The van der Waals surface area contributed by atoms with Crippen LogP contribution in [0.25, 0.3) is 22.0 Å². The maximum Gasteiger partial charge on any atom is 0.169 e. The molecular formula is C24H19Cl2N5OS. The zero-order valence-electron chi connectivity index (χ0n) is 18.0. The highest BCUT2D eigenvalue weighted by atomic mass is 35.5. The molecular weight excluding hydrogens is 477 g/mol. The third-order valence-corrected chi connectivity index (χ3v) is 7.52. The molecule has 0 saturated heterocycles. The van der Waals surface area contributed by atoms with Gasteiger partial charge in [-0.1, -0.05) is 64.8 Å². The van der Waals surface area contributed by atoms with Gasteiger partial charge in [-0.05, 0) is 37.1 Å². The van der Waals surface area contributed by atoms with Crippen LogP contribution in [0.3, 0.4) is 0 Å². The van der Waals surface area contributed by atoms with Gasteiger partial charge in [0.05, 0.1) is 32.3 Å². The Labute approximate surface area is 204 Å². The van der Waals surface area contributed by atoms with E-state index in [2.05, 4.69) is 20.3 Å². The van der Waals surface area contributed by atoms with E-state index in [-0.39, 0.29) is 0 Å². The van der Waals surface area contributed by atoms with Crippen LogP contribution in [0.4, 0.5) is 0 Å². The first-order chi connectivity index (χ1) is 15.8. The lowest BCUT2D eigenvalue weighted by Gasteiger charge is -2.28. The van der Waals surface area contributed by atoms with Crippen LogP contribution in [0.5, 0.6) is 0 Å². The summed E-state index contributed by atoms with van der Waals surface area (Å²) in [7, 11) is 1.75. The van der Waals surface area contributed by atoms with Crippen molar-refractivity contribution in [2.24, 2.45) is 7.05 Å². The highest BCUT2D eigenvalue weighted by molar-refractivity contribution is 7.11. The molecule has 0 aliphatic heterocycles. The number of thiazole rings is 1. The van der Waals surface area contributed by atoms with Gasteiger partial charge in [-0.25, -0.2) is 14.6 Å². The van der Waals surface area contributed by atoms with Crippen molar-refractivity contribution in [1.29, 1.82) is 0 Å². The summed E-state index contributed by atoms with van der Waals surface area (Å²) >= 11 is 14.9. The van der Waals surface area contributed by atoms with E-state index in [1.54, 1.807) is 17.9 Å². The molecule has 9 heteroatoms. The maximum absolute atomic E-state index is 12.3. The van der Waals surface area contributed by atoms with Crippen LogP contribution in [-0.2, 0) is 12.6 Å². The molecule has 0 radical (unpaired) electrons. The predicted molar refractivity (Wildman–Crippen MR) is 132 cm³/mol. The van der Waals surface area contributed by atoms with E-state index in [0.717, 1.165) is 16.3 Å². The van der Waals surface area contributed by atoms with Crippen LogP contribution in [0.2, 0.25) is 10.2 Å². The Morgan fingerprint density at radius 2 is 1.79 bits per heavy atom. The fourth-order valence-electron chi connectivity index (χ4n) is 4.15. The fourth-order valence-corrected chi connectivity index (χ4v) is 5.89. The van der Waals surface area contributed by atoms with Crippen molar-refractivity contribution >= 4 is 45.4 Å². The number of hydrogen-bond acceptors (Lipinski definition) is 6. The number of fused-ring (bicyclic) bond motifs is 1. The van der Waals surface area contributed by atoms with Crippen molar-refractivity contribution in [2.45, 2.75) is 19.4 Å². The molecule has 6 nitrogen and oxygen atoms in total. The molecule has 33 heavy (non-hydrogen) atoms. The number of rotatable bonds is 4. The first-order valence-electron chi connectivity index (χ1n) is 10.2. The minimum atomic E-state index is -1.53. The number of aromatic nitrogens is 5. The van der Waals surface area contributed by atoms with Gasteiger partial charge < -0.3 is 5.11 Å². The van der Waals surface area contributed by atoms with Crippen LogP contribution in [0.1, 0.15) is 26.8 Å². The van der Waals surface area contributed by atoms with Crippen molar-refractivity contribution in [1.82, 2.24) is 25.0 Å². The molecule has 5 rings (SSSR count). The lowest BCUT2D eigenvalue weighted by atomic mass is 9.87. The highest BCUT2D eigenvalue weighted by Gasteiger charge is 2.40. The molecule has 0 aliphatic rings. The summed E-state index contributed by atoms with van der Waals surface area (Å²) in [6, 6.07) is 15.1. The van der Waals surface area contributed by atoms with E-state index in [0.29, 0.717) is 42.8 Å². The molecule has 1 unspecified atom stereocenters. The van der Waals surface area contributed by atoms with Crippen molar-refractivity contribution in [3.8, 4) is 11.1 Å². The molecule has 2 aromatic carbocycles. The Morgan fingerprint density at radius 1 is 1.03 bits per heavy atom. The Hall–Kier alpha value is -2.84. The van der Waals surface area contributed by atoms with Crippen molar-refractivity contribution < 1.29 is 5.11 Å². The van der Waals surface area contributed by atoms with Gasteiger partial charge in [-0.2, -0.15) is 0 Å². The minimum Gasteiger partial charge on any atom is -0.374 e. The van der Waals surface area contributed by atoms with Gasteiger partial charge in [0.15, 0.2) is 5.60 Å². The number of nitrogens with zero attached hydrogens (tertiary/aromatic N) is 5. The van der Waals surface area contributed by atoms with E-state index in [9.17, 15) is 5.11 Å². The molecule has 1 atom stereocenters. The standard InChI is InChI=1S/C24H19Cl2N5OS/c1-13-22(33-14(2)28-13)24(32,19-12-27-30-31(19)3)16-9-10-18-17(11-16)21(25)20(23(26)29-18)15-7-5-4-6-8-15/h4-12,32H,1-3H3. The Bertz CT molecular complexity index is 1500. The van der Waals surface area contributed by atoms with Gasteiger partial charge in [0.25, 0.3) is 0 Å². The second kappa shape index (κ2) is 8.18. The number of benzene rings is 2. The average Bonchev–Trinajstić information content (AvgIpc) is 3.38. The first kappa shape index (κ1) is 22.0. The molecule has 0 fully saturated rings. The summed E-state index contributed by atoms with van der Waals surface area (Å²) in [5, 5.41) is 22.7. The topological polar surface area (TPSA) is 76.7 Å². The third-order valence-electron chi connectivity index (χ3n) is 5.67. The monoisotopic (exact) mass is 495 g/mol. The summed E-state index contributed by atoms with van der Waals surface area (Å²) in [4.78, 5) is 9.81. The van der Waals surface area contributed by atoms with Gasteiger partial charge in [-0.3, -0.25) is 0 Å². The lowest BCUT2D eigenvalue weighted by molar-refractivity contribution is 0.119. The molecule has 3 aromatic heterocycles. The van der Waals surface area contributed by atoms with E-state index in [1.807, 2.05) is 62.4 Å². The Balaban J connectivity index is 1.80. The smallest absolute Gasteiger partial charge is 0.169 e. The number of pyridine rings is 1. The quantitative estimate of drug-likeness (QED) is 0.323. The zero-order valence-corrected chi connectivity index (χ0v) is 20.4. The number of halogens is 2. The van der Waals surface area contributed by atoms with E-state index >= 15 is 0 Å². The van der Waals surface area contributed by atoms with Crippen LogP contribution in [0.15, 0.2) is 54.7 Å². The number of aryl methyl sites for hydroxylation is 3. The molecule has 1 N–H and O–H groups in total. The number of aliphatic hydroxyl groups is 1. The van der Waals surface area contributed by atoms with Gasteiger partial charge >= 0.3 is 0 Å². The lowest BCUT2D eigenvalue weighted by Crippen LogP contribution is -2.31. The largest absolute Gasteiger partial charge is 0.374 e. The van der Waals surface area contributed by atoms with Crippen molar-refractivity contribution in [2.75, 3.05) is 0 Å². The second-order valence-electron chi connectivity index (χ2n) is 7.79. The molecule has 166 valence electrons. The Morgan fingerprint density at radius 3 is 2.42 bits per heavy atom. The number of hydrogen-bond donors (Lipinski definition) is 1. The van der Waals surface area contributed by atoms with E-state index in [1.165, 1.54) is 11.3 Å². The summed E-state index contributed by atoms with van der Waals surface area (Å²) in [5.41, 5.74) is 2.50. The van der Waals surface area contributed by atoms with Crippen LogP contribution >= 0.6 is 34.5 Å². The summed E-state index contributed by atoms with van der Waals surface area (Å²) in [6.07, 6.45) is 1.57. The highest BCUT2D eigenvalue weighted by Crippen LogP contribution is 2.44. The zero-order chi connectivity index (χ0) is 23.3. The molecule has 5 aromatic rings. The average molecular weight is 496 g/mol. The van der Waals surface area contributed by atoms with Crippen LogP contribution < -0.4 is 0 Å². The van der Waals surface area contributed by atoms with Crippen LogP contribution in [0, 0.1) is 13.8 Å². The normalized spacial score (nSPS) is 13.4. The van der Waals surface area contributed by atoms with Gasteiger partial charge in [0.2, 0.25) is 0 Å². The van der Waals surface area contributed by atoms with Crippen LogP contribution in [-0.4, -0.2) is 30.1 Å². The molecule has 3 heterocycles. The second-order valence-corrected chi connectivity index (χ2v) is 9.73. The predicted octanol–water partition coefficient (Wildman–Crippen LogP) is 5.69. The first-order valence-corrected chi connectivity index (χ1v) is 11.7. The summed E-state index contributed by atoms with van der Waals surface area (Å²) in [6.45, 7) is 3.80. The molecule has 0 aliphatic carbocycles. The van der Waals surface area contributed by atoms with Crippen molar-refractivity contribution in [3.63, 3.8) is 0 Å². The minimum absolute atomic E-state index is 0.325. The van der Waals surface area contributed by atoms with Gasteiger partial charge in [0, 0.05) is 18.0 Å². The summed E-state index contributed by atoms with van der Waals surface area (Å²) < 4.78 is 1.57. The van der Waals surface area contributed by atoms with Gasteiger partial charge in [-0.15, -0.1) is 16.4 Å². The molecule has 0 saturated carbocycles. The third kappa shape index (κ3) is 3.52. The van der Waals surface area contributed by atoms with Crippen molar-refractivity contribution in [3.05, 3.63) is 91.7 Å². The maximum atomic E-state index is 12.3. The molecule has 0 spiro atoms. The fraction of sp³-hybridized carbons (Fsp3) is 0.167. The van der Waals surface area contributed by atoms with E-state index in [4.69, 9.17) is 23.2 Å². The molecule has 0 amide bonds.